The summed E-state index contributed by atoms with van der Waals surface area (Å²) in [6, 6.07) is 21.8. The molecule has 0 aliphatic heterocycles. The van der Waals surface area contributed by atoms with Crippen molar-refractivity contribution in [2.24, 2.45) is 5.10 Å². The van der Waals surface area contributed by atoms with Crippen LogP contribution in [0.1, 0.15) is 11.3 Å². The van der Waals surface area contributed by atoms with Gasteiger partial charge in [0.05, 0.1) is 17.5 Å². The van der Waals surface area contributed by atoms with Crippen molar-refractivity contribution in [1.29, 1.82) is 0 Å². The number of thioether (sulfide) groups is 1. The molecule has 0 unspecified atom stereocenters. The van der Waals surface area contributed by atoms with E-state index in [2.05, 4.69) is 31.4 Å². The molecule has 0 spiro atoms. The first-order chi connectivity index (χ1) is 15.2. The lowest BCUT2D eigenvalue weighted by molar-refractivity contribution is -0.118. The molecule has 4 aromatic rings. The minimum atomic E-state index is -0.152. The van der Waals surface area contributed by atoms with Gasteiger partial charge in [0.1, 0.15) is 5.76 Å². The van der Waals surface area contributed by atoms with E-state index in [-0.39, 0.29) is 5.91 Å². The fourth-order valence-corrected chi connectivity index (χ4v) is 4.72. The van der Waals surface area contributed by atoms with Crippen LogP contribution in [0.3, 0.4) is 0 Å². The number of aromatic nitrogens is 1. The van der Waals surface area contributed by atoms with Gasteiger partial charge in [0.15, 0.2) is 5.09 Å². The molecule has 0 fully saturated rings. The highest BCUT2D eigenvalue weighted by molar-refractivity contribution is 9.10. The molecule has 1 amide bonds. The number of hydrogen-bond acceptors (Lipinski definition) is 6. The van der Waals surface area contributed by atoms with E-state index in [0.717, 1.165) is 31.1 Å². The number of furan rings is 1. The zero-order valence-corrected chi connectivity index (χ0v) is 19.5. The third kappa shape index (κ3) is 6.22. The van der Waals surface area contributed by atoms with Gasteiger partial charge in [-0.25, -0.2) is 5.43 Å². The smallest absolute Gasteiger partial charge is 0.250 e. The average Bonchev–Trinajstić information content (AvgIpc) is 3.23. The highest BCUT2D eigenvalue weighted by Crippen LogP contribution is 2.33. The van der Waals surface area contributed by atoms with Gasteiger partial charge in [-0.2, -0.15) is 5.10 Å². The molecule has 0 aliphatic rings. The van der Waals surface area contributed by atoms with E-state index in [1.807, 2.05) is 66.7 Å². The number of rotatable bonds is 8. The van der Waals surface area contributed by atoms with Crippen LogP contribution < -0.4 is 5.43 Å². The number of para-hydroxylation sites is 1. The number of amides is 1. The summed E-state index contributed by atoms with van der Waals surface area (Å²) in [5.74, 6) is 1.52. The van der Waals surface area contributed by atoms with Crippen molar-refractivity contribution in [2.45, 2.75) is 15.7 Å². The van der Waals surface area contributed by atoms with Gasteiger partial charge in [-0.1, -0.05) is 46.3 Å². The lowest BCUT2D eigenvalue weighted by Gasteiger charge is -2.03. The molecule has 156 valence electrons. The number of nitrogens with zero attached hydrogens (tertiary/aromatic N) is 2. The number of fused-ring (bicyclic) bond motifs is 1. The molecule has 0 aliphatic carbocycles. The van der Waals surface area contributed by atoms with Crippen molar-refractivity contribution in [3.8, 4) is 0 Å². The normalized spacial score (nSPS) is 11.3. The van der Waals surface area contributed by atoms with Crippen LogP contribution in [0.4, 0.5) is 0 Å². The monoisotopic (exact) mass is 511 g/mol. The fourth-order valence-electron chi connectivity index (χ4n) is 2.77. The van der Waals surface area contributed by atoms with E-state index in [1.165, 1.54) is 35.3 Å². The molecule has 0 saturated heterocycles. The Kier molecular flexibility index (Phi) is 7.45. The van der Waals surface area contributed by atoms with E-state index in [9.17, 15) is 4.79 Å². The topological polar surface area (TPSA) is 67.5 Å². The Bertz CT molecular complexity index is 1200. The number of nitrogens with one attached hydrogen (secondary N) is 1. The predicted molar refractivity (Wildman–Crippen MR) is 131 cm³/mol. The first kappa shape index (κ1) is 21.7. The van der Waals surface area contributed by atoms with Gasteiger partial charge < -0.3 is 4.42 Å². The van der Waals surface area contributed by atoms with Crippen molar-refractivity contribution in [1.82, 2.24) is 10.4 Å². The number of halogens is 1. The van der Waals surface area contributed by atoms with Crippen LogP contribution in [0.15, 0.2) is 96.9 Å². The van der Waals surface area contributed by atoms with Crippen LogP contribution in [0.5, 0.6) is 0 Å². The molecule has 31 heavy (non-hydrogen) atoms. The molecular weight excluding hydrogens is 494 g/mol. The largest absolute Gasteiger partial charge is 0.448 e. The number of pyridine rings is 1. The van der Waals surface area contributed by atoms with Crippen LogP contribution in [-0.4, -0.2) is 22.9 Å². The lowest BCUT2D eigenvalue weighted by atomic mass is 10.2. The van der Waals surface area contributed by atoms with Crippen molar-refractivity contribution in [2.75, 3.05) is 5.75 Å². The van der Waals surface area contributed by atoms with Gasteiger partial charge in [-0.15, -0.1) is 11.8 Å². The van der Waals surface area contributed by atoms with Gasteiger partial charge in [0.25, 0.3) is 0 Å². The molecule has 0 radical (unpaired) electrons. The first-order valence-corrected chi connectivity index (χ1v) is 12.2. The second-order valence-corrected chi connectivity index (χ2v) is 9.45. The van der Waals surface area contributed by atoms with Crippen molar-refractivity contribution in [3.05, 3.63) is 88.7 Å². The summed E-state index contributed by atoms with van der Waals surface area (Å²) < 4.78 is 6.84. The zero-order chi connectivity index (χ0) is 21.5. The van der Waals surface area contributed by atoms with Gasteiger partial charge in [-0.3, -0.25) is 9.78 Å². The minimum absolute atomic E-state index is 0.152. The Labute approximate surface area is 196 Å². The quantitative estimate of drug-likeness (QED) is 0.227. The Morgan fingerprint density at radius 2 is 1.94 bits per heavy atom. The molecule has 5 nitrogen and oxygen atoms in total. The Balaban J connectivity index is 1.26. The van der Waals surface area contributed by atoms with Gasteiger partial charge in [0.2, 0.25) is 5.91 Å². The number of hydrogen-bond donors (Lipinski definition) is 1. The van der Waals surface area contributed by atoms with E-state index >= 15 is 0 Å². The first-order valence-electron chi connectivity index (χ1n) is 9.43. The van der Waals surface area contributed by atoms with E-state index in [0.29, 0.717) is 11.5 Å². The molecule has 0 saturated carbocycles. The molecule has 4 rings (SSSR count). The minimum Gasteiger partial charge on any atom is -0.448 e. The maximum Gasteiger partial charge on any atom is 0.250 e. The Morgan fingerprint density at radius 1 is 1.10 bits per heavy atom. The molecular formula is C23H18BrN3O2S2. The van der Waals surface area contributed by atoms with E-state index < -0.39 is 0 Å². The molecule has 0 atom stereocenters. The summed E-state index contributed by atoms with van der Waals surface area (Å²) in [4.78, 5) is 17.4. The number of carbonyl (C=O) groups is 1. The van der Waals surface area contributed by atoms with Crippen molar-refractivity contribution in [3.63, 3.8) is 0 Å². The van der Waals surface area contributed by atoms with Gasteiger partial charge in [0, 0.05) is 26.7 Å². The summed E-state index contributed by atoms with van der Waals surface area (Å²) in [7, 11) is 0. The second-order valence-electron chi connectivity index (χ2n) is 6.50. The summed E-state index contributed by atoms with van der Waals surface area (Å²) >= 11 is 6.46. The molecule has 2 aromatic carbocycles. The van der Waals surface area contributed by atoms with Crippen LogP contribution in [0, 0.1) is 0 Å². The van der Waals surface area contributed by atoms with Crippen LogP contribution in [0.25, 0.3) is 10.9 Å². The summed E-state index contributed by atoms with van der Waals surface area (Å²) in [5, 5.41) is 5.81. The Morgan fingerprint density at radius 3 is 2.81 bits per heavy atom. The number of hydrazone groups is 1. The number of benzene rings is 2. The van der Waals surface area contributed by atoms with Crippen molar-refractivity contribution < 1.29 is 9.21 Å². The van der Waals surface area contributed by atoms with Crippen LogP contribution in [0.2, 0.25) is 0 Å². The SMILES string of the molecule is O=C(CSCc1ccc(Br)cc1)N/N=C/c1ccc(Sc2cccc3cccnc23)o1. The average molecular weight is 512 g/mol. The lowest BCUT2D eigenvalue weighted by Crippen LogP contribution is -2.19. The molecule has 0 bridgehead atoms. The standard InChI is InChI=1S/C23H18BrN3O2S2/c24-18-8-6-16(7-9-18)14-30-15-21(28)27-26-13-19-10-11-22(29-19)31-20-5-1-3-17-4-2-12-25-23(17)20/h1-13H,14-15H2,(H,27,28)/b26-13+. The molecule has 2 heterocycles. The summed E-state index contributed by atoms with van der Waals surface area (Å²) in [6.45, 7) is 0. The maximum absolute atomic E-state index is 12.0. The van der Waals surface area contributed by atoms with E-state index in [1.54, 1.807) is 6.20 Å². The predicted octanol–water partition coefficient (Wildman–Crippen LogP) is 6.13. The highest BCUT2D eigenvalue weighted by atomic mass is 79.9. The second kappa shape index (κ2) is 10.7. The fraction of sp³-hybridized carbons (Fsp3) is 0.0870. The van der Waals surface area contributed by atoms with Crippen LogP contribution in [-0.2, 0) is 10.5 Å². The number of carbonyl (C=O) groups excluding carboxylic acids is 1. The Hall–Kier alpha value is -2.55. The molecule has 2 aromatic heterocycles. The zero-order valence-electron chi connectivity index (χ0n) is 16.3. The maximum atomic E-state index is 12.0. The third-order valence-corrected chi connectivity index (χ3v) is 6.71. The summed E-state index contributed by atoms with van der Waals surface area (Å²) in [5.41, 5.74) is 4.65. The van der Waals surface area contributed by atoms with Crippen LogP contribution >= 0.6 is 39.5 Å². The van der Waals surface area contributed by atoms with Gasteiger partial charge in [-0.05, 0) is 53.7 Å². The van der Waals surface area contributed by atoms with Crippen molar-refractivity contribution >= 4 is 62.5 Å². The highest BCUT2D eigenvalue weighted by Gasteiger charge is 2.07. The van der Waals surface area contributed by atoms with Gasteiger partial charge >= 0.3 is 0 Å². The third-order valence-electron chi connectivity index (χ3n) is 4.20. The molecule has 1 N–H and O–H groups in total. The molecule has 8 heteroatoms. The summed E-state index contributed by atoms with van der Waals surface area (Å²) in [6.07, 6.45) is 3.29. The van der Waals surface area contributed by atoms with E-state index in [4.69, 9.17) is 4.42 Å².